The Morgan fingerprint density at radius 3 is 2.80 bits per heavy atom. The molecule has 2 aromatic rings. The maximum Gasteiger partial charge on any atom is 0.213 e. The summed E-state index contributed by atoms with van der Waals surface area (Å²) in [6.07, 6.45) is 1.70. The van der Waals surface area contributed by atoms with E-state index in [1.807, 2.05) is 18.2 Å². The third-order valence-corrected chi connectivity index (χ3v) is 2.94. The highest BCUT2D eigenvalue weighted by molar-refractivity contribution is 5.99. The van der Waals surface area contributed by atoms with Gasteiger partial charge in [-0.2, -0.15) is 0 Å². The zero-order chi connectivity index (χ0) is 14.5. The van der Waals surface area contributed by atoms with Crippen molar-refractivity contribution in [3.05, 3.63) is 47.7 Å². The number of hydrogen-bond acceptors (Lipinski definition) is 5. The third-order valence-electron chi connectivity index (χ3n) is 2.94. The van der Waals surface area contributed by atoms with Crippen LogP contribution >= 0.6 is 0 Å². The average molecular weight is 271 g/mol. The third kappa shape index (κ3) is 3.26. The molecule has 0 unspecified atom stereocenters. The van der Waals surface area contributed by atoms with Gasteiger partial charge >= 0.3 is 0 Å². The van der Waals surface area contributed by atoms with E-state index in [0.29, 0.717) is 23.7 Å². The van der Waals surface area contributed by atoms with Crippen molar-refractivity contribution in [2.45, 2.75) is 13.5 Å². The van der Waals surface area contributed by atoms with Crippen molar-refractivity contribution in [1.29, 1.82) is 0 Å². The van der Waals surface area contributed by atoms with Crippen LogP contribution in [0, 0.1) is 0 Å². The predicted molar refractivity (Wildman–Crippen MR) is 79.0 cm³/mol. The van der Waals surface area contributed by atoms with Crippen molar-refractivity contribution >= 4 is 17.2 Å². The first-order valence-corrected chi connectivity index (χ1v) is 6.23. The second kappa shape index (κ2) is 6.06. The van der Waals surface area contributed by atoms with Crippen LogP contribution in [0.2, 0.25) is 0 Å². The number of nitrogens with one attached hydrogen (secondary N) is 1. The number of hydrogen-bond donors (Lipinski definition) is 2. The second-order valence-corrected chi connectivity index (χ2v) is 4.42. The van der Waals surface area contributed by atoms with E-state index in [-0.39, 0.29) is 5.78 Å². The van der Waals surface area contributed by atoms with Gasteiger partial charge in [0.25, 0.3) is 0 Å². The summed E-state index contributed by atoms with van der Waals surface area (Å²) < 4.78 is 5.07. The van der Waals surface area contributed by atoms with Gasteiger partial charge in [0.15, 0.2) is 5.78 Å². The number of ketones is 1. The van der Waals surface area contributed by atoms with Crippen LogP contribution in [-0.4, -0.2) is 17.9 Å². The summed E-state index contributed by atoms with van der Waals surface area (Å²) >= 11 is 0. The van der Waals surface area contributed by atoms with Gasteiger partial charge in [-0.25, -0.2) is 4.98 Å². The Bertz CT molecular complexity index is 626. The van der Waals surface area contributed by atoms with E-state index >= 15 is 0 Å². The first-order valence-electron chi connectivity index (χ1n) is 6.23. The number of Topliss-reactive ketones (excluding diaryl/α,β-unsaturated/α-hetero) is 1. The maximum atomic E-state index is 11.3. The number of nitrogen functional groups attached to an aromatic ring is 1. The molecule has 20 heavy (non-hydrogen) atoms. The van der Waals surface area contributed by atoms with Crippen molar-refractivity contribution < 1.29 is 9.53 Å². The minimum atomic E-state index is -0.0343. The SMILES string of the molecule is COc1cc(CNc2ccc(C(C)=O)c(N)c2)ccn1. The van der Waals surface area contributed by atoms with Crippen molar-refractivity contribution in [3.8, 4) is 5.88 Å². The fourth-order valence-electron chi connectivity index (χ4n) is 1.87. The number of carbonyl (C=O) groups is 1. The molecule has 0 saturated heterocycles. The number of carbonyl (C=O) groups excluding carboxylic acids is 1. The number of nitrogens with two attached hydrogens (primary N) is 1. The van der Waals surface area contributed by atoms with Gasteiger partial charge < -0.3 is 15.8 Å². The van der Waals surface area contributed by atoms with Gasteiger partial charge in [-0.3, -0.25) is 4.79 Å². The Morgan fingerprint density at radius 1 is 1.35 bits per heavy atom. The van der Waals surface area contributed by atoms with Crippen LogP contribution in [0.3, 0.4) is 0 Å². The first kappa shape index (κ1) is 13.9. The number of nitrogens with zero attached hydrogens (tertiary/aromatic N) is 1. The quantitative estimate of drug-likeness (QED) is 0.645. The molecule has 0 aliphatic carbocycles. The van der Waals surface area contributed by atoms with E-state index in [1.165, 1.54) is 6.92 Å². The minimum Gasteiger partial charge on any atom is -0.481 e. The van der Waals surface area contributed by atoms with E-state index in [2.05, 4.69) is 10.3 Å². The van der Waals surface area contributed by atoms with Gasteiger partial charge in [-0.05, 0) is 36.8 Å². The van der Waals surface area contributed by atoms with Gasteiger partial charge in [0, 0.05) is 35.7 Å². The molecule has 2 rings (SSSR count). The molecule has 3 N–H and O–H groups in total. The number of pyridine rings is 1. The number of aromatic nitrogens is 1. The number of rotatable bonds is 5. The van der Waals surface area contributed by atoms with E-state index in [0.717, 1.165) is 11.3 Å². The largest absolute Gasteiger partial charge is 0.481 e. The lowest BCUT2D eigenvalue weighted by molar-refractivity contribution is 0.101. The van der Waals surface area contributed by atoms with Crippen LogP contribution in [0.5, 0.6) is 5.88 Å². The van der Waals surface area contributed by atoms with Crippen LogP contribution in [-0.2, 0) is 6.54 Å². The van der Waals surface area contributed by atoms with Gasteiger partial charge in [0.1, 0.15) is 0 Å². The molecular weight excluding hydrogens is 254 g/mol. The highest BCUT2D eigenvalue weighted by Crippen LogP contribution is 2.19. The molecule has 5 nitrogen and oxygen atoms in total. The standard InChI is InChI=1S/C15H17N3O2/c1-10(19)13-4-3-12(8-14(13)16)18-9-11-5-6-17-15(7-11)20-2/h3-8,18H,9,16H2,1-2H3. The van der Waals surface area contributed by atoms with E-state index in [9.17, 15) is 4.79 Å². The van der Waals surface area contributed by atoms with Crippen LogP contribution < -0.4 is 15.8 Å². The fourth-order valence-corrected chi connectivity index (χ4v) is 1.87. The van der Waals surface area contributed by atoms with Crippen LogP contribution in [0.25, 0.3) is 0 Å². The lowest BCUT2D eigenvalue weighted by atomic mass is 10.1. The molecule has 0 amide bonds. The number of anilines is 2. The molecular formula is C15H17N3O2. The molecule has 0 fully saturated rings. The average Bonchev–Trinajstić information content (AvgIpc) is 2.45. The molecule has 0 bridgehead atoms. The molecule has 1 heterocycles. The normalized spacial score (nSPS) is 10.1. The molecule has 0 atom stereocenters. The van der Waals surface area contributed by atoms with E-state index < -0.39 is 0 Å². The highest BCUT2D eigenvalue weighted by Gasteiger charge is 2.05. The minimum absolute atomic E-state index is 0.0343. The molecule has 0 radical (unpaired) electrons. The molecule has 0 saturated carbocycles. The zero-order valence-corrected chi connectivity index (χ0v) is 11.5. The summed E-state index contributed by atoms with van der Waals surface area (Å²) in [6.45, 7) is 2.12. The molecule has 1 aromatic heterocycles. The van der Waals surface area contributed by atoms with Crippen molar-refractivity contribution in [2.75, 3.05) is 18.2 Å². The summed E-state index contributed by atoms with van der Waals surface area (Å²) in [5.41, 5.74) is 8.78. The molecule has 0 aliphatic heterocycles. The molecule has 104 valence electrons. The molecule has 0 aliphatic rings. The lowest BCUT2D eigenvalue weighted by Crippen LogP contribution is -2.03. The Hall–Kier alpha value is -2.56. The first-order chi connectivity index (χ1) is 9.60. The van der Waals surface area contributed by atoms with Crippen molar-refractivity contribution in [3.63, 3.8) is 0 Å². The van der Waals surface area contributed by atoms with Crippen LogP contribution in [0.1, 0.15) is 22.8 Å². The predicted octanol–water partition coefficient (Wildman–Crippen LogP) is 2.49. The number of benzene rings is 1. The Morgan fingerprint density at radius 2 is 2.15 bits per heavy atom. The summed E-state index contributed by atoms with van der Waals surface area (Å²) in [4.78, 5) is 15.4. The zero-order valence-electron chi connectivity index (χ0n) is 11.5. The van der Waals surface area contributed by atoms with Gasteiger partial charge in [-0.1, -0.05) is 0 Å². The molecule has 1 aromatic carbocycles. The summed E-state index contributed by atoms with van der Waals surface area (Å²) in [7, 11) is 1.58. The maximum absolute atomic E-state index is 11.3. The lowest BCUT2D eigenvalue weighted by Gasteiger charge is -2.09. The Labute approximate surface area is 117 Å². The van der Waals surface area contributed by atoms with Gasteiger partial charge in [0.05, 0.1) is 7.11 Å². The fraction of sp³-hybridized carbons (Fsp3) is 0.200. The summed E-state index contributed by atoms with van der Waals surface area (Å²) in [5.74, 6) is 0.545. The van der Waals surface area contributed by atoms with Crippen LogP contribution in [0.15, 0.2) is 36.5 Å². The van der Waals surface area contributed by atoms with Crippen molar-refractivity contribution in [1.82, 2.24) is 4.98 Å². The smallest absolute Gasteiger partial charge is 0.213 e. The number of methoxy groups -OCH3 is 1. The molecule has 5 heteroatoms. The summed E-state index contributed by atoms with van der Waals surface area (Å²) in [6, 6.07) is 9.09. The Balaban J connectivity index is 2.07. The monoisotopic (exact) mass is 271 g/mol. The van der Waals surface area contributed by atoms with E-state index in [1.54, 1.807) is 25.4 Å². The van der Waals surface area contributed by atoms with E-state index in [4.69, 9.17) is 10.5 Å². The van der Waals surface area contributed by atoms with Gasteiger partial charge in [-0.15, -0.1) is 0 Å². The second-order valence-electron chi connectivity index (χ2n) is 4.42. The highest BCUT2D eigenvalue weighted by atomic mass is 16.5. The van der Waals surface area contributed by atoms with Crippen LogP contribution in [0.4, 0.5) is 11.4 Å². The summed E-state index contributed by atoms with van der Waals surface area (Å²) in [5, 5.41) is 3.24. The van der Waals surface area contributed by atoms with Gasteiger partial charge in [0.2, 0.25) is 5.88 Å². The topological polar surface area (TPSA) is 77.2 Å². The van der Waals surface area contributed by atoms with Crippen molar-refractivity contribution in [2.24, 2.45) is 0 Å². The molecule has 0 spiro atoms. The number of ether oxygens (including phenoxy) is 1. The Kier molecular flexibility index (Phi) is 4.20.